The quantitative estimate of drug-likeness (QED) is 0.635. The van der Waals surface area contributed by atoms with E-state index in [-0.39, 0.29) is 0 Å². The Hall–Kier alpha value is -2.69. The predicted octanol–water partition coefficient (Wildman–Crippen LogP) is 2.98. The summed E-state index contributed by atoms with van der Waals surface area (Å²) < 4.78 is 10.5. The van der Waals surface area contributed by atoms with Crippen LogP contribution in [-0.4, -0.2) is 26.7 Å². The summed E-state index contributed by atoms with van der Waals surface area (Å²) in [6, 6.07) is 13.9. The maximum atomic E-state index is 5.93. The smallest absolute Gasteiger partial charge is 0.193 e. The van der Waals surface area contributed by atoms with Crippen LogP contribution in [0.4, 0.5) is 5.69 Å². The van der Waals surface area contributed by atoms with Crippen molar-refractivity contribution in [3.8, 4) is 11.5 Å². The van der Waals surface area contributed by atoms with Gasteiger partial charge in [0.15, 0.2) is 17.5 Å². The number of guanidine groups is 1. The number of nitrogens with one attached hydrogen (secondary N) is 1. The Balaban J connectivity index is 1.94. The van der Waals surface area contributed by atoms with Gasteiger partial charge in [-0.25, -0.2) is 0 Å². The second-order valence-electron chi connectivity index (χ2n) is 5.20. The lowest BCUT2D eigenvalue weighted by Gasteiger charge is -2.11. The lowest BCUT2D eigenvalue weighted by molar-refractivity contribution is 0.355. The van der Waals surface area contributed by atoms with Crippen LogP contribution in [0.25, 0.3) is 0 Å². The van der Waals surface area contributed by atoms with E-state index in [9.17, 15) is 0 Å². The van der Waals surface area contributed by atoms with Crippen molar-refractivity contribution in [2.24, 2.45) is 10.7 Å². The zero-order chi connectivity index (χ0) is 16.7. The molecule has 2 rings (SSSR count). The van der Waals surface area contributed by atoms with E-state index >= 15 is 0 Å². The third-order valence-electron chi connectivity index (χ3n) is 3.42. The van der Waals surface area contributed by atoms with Gasteiger partial charge in [0.2, 0.25) is 0 Å². The molecule has 0 unspecified atom stereocenters. The molecule has 0 atom stereocenters. The second-order valence-corrected chi connectivity index (χ2v) is 5.20. The Morgan fingerprint density at radius 1 is 1.09 bits per heavy atom. The maximum Gasteiger partial charge on any atom is 0.193 e. The summed E-state index contributed by atoms with van der Waals surface area (Å²) in [6.45, 7) is 2.72. The van der Waals surface area contributed by atoms with Gasteiger partial charge in [-0.05, 0) is 31.0 Å². The van der Waals surface area contributed by atoms with Crippen LogP contribution in [0.15, 0.2) is 47.5 Å². The van der Waals surface area contributed by atoms with Gasteiger partial charge >= 0.3 is 0 Å². The van der Waals surface area contributed by atoms with Crippen molar-refractivity contribution < 1.29 is 9.47 Å². The number of aryl methyl sites for hydroxylation is 1. The van der Waals surface area contributed by atoms with Crippen LogP contribution in [0.3, 0.4) is 0 Å². The Bertz CT molecular complexity index is 684. The van der Waals surface area contributed by atoms with Crippen molar-refractivity contribution in [3.05, 3.63) is 53.6 Å². The lowest BCUT2D eigenvalue weighted by Crippen LogP contribution is -2.23. The minimum Gasteiger partial charge on any atom is -0.493 e. The first-order valence-corrected chi connectivity index (χ1v) is 7.47. The number of methoxy groups -OCH3 is 2. The summed E-state index contributed by atoms with van der Waals surface area (Å²) in [5, 5.41) is 3.06. The van der Waals surface area contributed by atoms with Crippen LogP contribution in [0, 0.1) is 6.92 Å². The molecular weight excluding hydrogens is 290 g/mol. The lowest BCUT2D eigenvalue weighted by atomic mass is 10.1. The fraction of sp³-hybridized carbons (Fsp3) is 0.278. The first-order chi connectivity index (χ1) is 11.1. The number of nitrogens with zero attached hydrogens (tertiary/aromatic N) is 1. The molecule has 5 nitrogen and oxygen atoms in total. The van der Waals surface area contributed by atoms with Gasteiger partial charge in [-0.15, -0.1) is 0 Å². The number of hydrogen-bond acceptors (Lipinski definition) is 3. The van der Waals surface area contributed by atoms with Crippen LogP contribution in [0.5, 0.6) is 11.5 Å². The van der Waals surface area contributed by atoms with Crippen molar-refractivity contribution >= 4 is 11.6 Å². The van der Waals surface area contributed by atoms with Gasteiger partial charge in [0, 0.05) is 18.3 Å². The Labute approximate surface area is 137 Å². The number of nitrogens with two attached hydrogens (primary N) is 1. The van der Waals surface area contributed by atoms with Crippen LogP contribution < -0.4 is 20.5 Å². The summed E-state index contributed by atoms with van der Waals surface area (Å²) in [5.41, 5.74) is 9.24. The number of ether oxygens (including phenoxy) is 2. The largest absolute Gasteiger partial charge is 0.493 e. The molecule has 0 fully saturated rings. The monoisotopic (exact) mass is 313 g/mol. The molecule has 23 heavy (non-hydrogen) atoms. The topological polar surface area (TPSA) is 68.9 Å². The van der Waals surface area contributed by atoms with E-state index in [1.807, 2.05) is 18.2 Å². The molecule has 0 aromatic heterocycles. The van der Waals surface area contributed by atoms with Crippen molar-refractivity contribution in [1.82, 2.24) is 0 Å². The summed E-state index contributed by atoms with van der Waals surface area (Å²) in [6.07, 6.45) is 0.857. The summed E-state index contributed by atoms with van der Waals surface area (Å²) in [7, 11) is 3.20. The van der Waals surface area contributed by atoms with E-state index < -0.39 is 0 Å². The van der Waals surface area contributed by atoms with Crippen molar-refractivity contribution in [2.45, 2.75) is 13.3 Å². The van der Waals surface area contributed by atoms with Crippen LogP contribution in [-0.2, 0) is 6.42 Å². The standard InChI is InChI=1S/C18H23N3O2/c1-13-5-4-6-14(11-13)9-10-20-18(19)21-15-7-8-16(22-2)17(12-15)23-3/h4-8,11-12H,9-10H2,1-3H3,(H3,19,20,21). The van der Waals surface area contributed by atoms with Crippen LogP contribution in [0.2, 0.25) is 0 Å². The number of hydrogen-bond donors (Lipinski definition) is 2. The normalized spacial score (nSPS) is 11.2. The van der Waals surface area contributed by atoms with E-state index in [4.69, 9.17) is 15.2 Å². The molecule has 122 valence electrons. The molecule has 5 heteroatoms. The van der Waals surface area contributed by atoms with Crippen molar-refractivity contribution in [2.75, 3.05) is 26.1 Å². The Morgan fingerprint density at radius 2 is 1.87 bits per heavy atom. The zero-order valence-electron chi connectivity index (χ0n) is 13.8. The third kappa shape index (κ3) is 4.92. The van der Waals surface area contributed by atoms with E-state index in [2.05, 4.69) is 41.5 Å². The number of benzene rings is 2. The summed E-state index contributed by atoms with van der Waals surface area (Å²) in [5.74, 6) is 1.70. The van der Waals surface area contributed by atoms with Gasteiger partial charge in [0.25, 0.3) is 0 Å². The fourth-order valence-electron chi connectivity index (χ4n) is 2.27. The molecule has 0 heterocycles. The molecule has 0 aliphatic rings. The molecule has 0 saturated carbocycles. The van der Waals surface area contributed by atoms with Gasteiger partial charge in [0.1, 0.15) is 0 Å². The number of anilines is 1. The molecule has 0 bridgehead atoms. The minimum absolute atomic E-state index is 0.380. The van der Waals surface area contributed by atoms with E-state index in [0.717, 1.165) is 12.1 Å². The molecule has 0 saturated heterocycles. The third-order valence-corrected chi connectivity index (χ3v) is 3.42. The van der Waals surface area contributed by atoms with Crippen LogP contribution in [0.1, 0.15) is 11.1 Å². The van der Waals surface area contributed by atoms with Gasteiger partial charge in [0.05, 0.1) is 14.2 Å². The average molecular weight is 313 g/mol. The highest BCUT2D eigenvalue weighted by molar-refractivity contribution is 5.92. The molecule has 0 amide bonds. The average Bonchev–Trinajstić information content (AvgIpc) is 2.54. The molecule has 2 aromatic carbocycles. The summed E-state index contributed by atoms with van der Waals surface area (Å²) in [4.78, 5) is 4.35. The number of rotatable bonds is 6. The van der Waals surface area contributed by atoms with Gasteiger partial charge in [-0.1, -0.05) is 29.8 Å². The molecule has 2 aromatic rings. The van der Waals surface area contributed by atoms with Gasteiger partial charge in [-0.2, -0.15) is 0 Å². The molecule has 3 N–H and O–H groups in total. The van der Waals surface area contributed by atoms with E-state index in [0.29, 0.717) is 24.0 Å². The summed E-state index contributed by atoms with van der Waals surface area (Å²) >= 11 is 0. The Kier molecular flexibility index (Phi) is 5.86. The first kappa shape index (κ1) is 16.7. The zero-order valence-corrected chi connectivity index (χ0v) is 13.8. The van der Waals surface area contributed by atoms with Gasteiger partial charge in [-0.3, -0.25) is 4.99 Å². The second kappa shape index (κ2) is 8.08. The van der Waals surface area contributed by atoms with Crippen molar-refractivity contribution in [3.63, 3.8) is 0 Å². The molecule has 0 radical (unpaired) electrons. The highest BCUT2D eigenvalue weighted by Crippen LogP contribution is 2.29. The predicted molar refractivity (Wildman–Crippen MR) is 94.5 cm³/mol. The molecule has 0 aliphatic carbocycles. The van der Waals surface area contributed by atoms with E-state index in [1.165, 1.54) is 11.1 Å². The molecule has 0 aliphatic heterocycles. The number of aliphatic imine (C=N–C) groups is 1. The molecule has 0 spiro atoms. The van der Waals surface area contributed by atoms with Crippen molar-refractivity contribution in [1.29, 1.82) is 0 Å². The first-order valence-electron chi connectivity index (χ1n) is 7.47. The highest BCUT2D eigenvalue weighted by atomic mass is 16.5. The SMILES string of the molecule is COc1ccc(NC(N)=NCCc2cccc(C)c2)cc1OC. The Morgan fingerprint density at radius 3 is 2.57 bits per heavy atom. The van der Waals surface area contributed by atoms with E-state index in [1.54, 1.807) is 14.2 Å². The maximum absolute atomic E-state index is 5.93. The van der Waals surface area contributed by atoms with Crippen LogP contribution >= 0.6 is 0 Å². The molecular formula is C18H23N3O2. The highest BCUT2D eigenvalue weighted by Gasteiger charge is 2.05. The minimum atomic E-state index is 0.380. The fourth-order valence-corrected chi connectivity index (χ4v) is 2.27. The van der Waals surface area contributed by atoms with Gasteiger partial charge < -0.3 is 20.5 Å².